The van der Waals surface area contributed by atoms with Crippen LogP contribution in [-0.2, 0) is 17.9 Å². The number of nitrogens with zero attached hydrogens (tertiary/aromatic N) is 2. The molecule has 0 bridgehead atoms. The Morgan fingerprint density at radius 2 is 1.31 bits per heavy atom. The molecule has 26 heavy (non-hydrogen) atoms. The summed E-state index contributed by atoms with van der Waals surface area (Å²) in [6, 6.07) is 8.59. The lowest BCUT2D eigenvalue weighted by Gasteiger charge is -2.34. The van der Waals surface area contributed by atoms with Crippen LogP contribution >= 0.6 is 0 Å². The molecule has 1 saturated heterocycles. The summed E-state index contributed by atoms with van der Waals surface area (Å²) >= 11 is 0. The van der Waals surface area contributed by atoms with E-state index in [1.165, 1.54) is 11.1 Å². The van der Waals surface area contributed by atoms with E-state index in [0.717, 1.165) is 52.0 Å². The second kappa shape index (κ2) is 20.1. The van der Waals surface area contributed by atoms with Crippen LogP contribution in [0.1, 0.15) is 65.5 Å². The molecule has 0 spiro atoms. The number of benzene rings is 1. The largest absolute Gasteiger partial charge is 0.326 e. The van der Waals surface area contributed by atoms with Gasteiger partial charge in [-0.25, -0.2) is 0 Å². The fourth-order valence-electron chi connectivity index (χ4n) is 2.61. The molecule has 1 aromatic carbocycles. The molecule has 2 rings (SSSR count). The van der Waals surface area contributed by atoms with E-state index in [9.17, 15) is 4.79 Å². The van der Waals surface area contributed by atoms with Crippen molar-refractivity contribution in [3.8, 4) is 0 Å². The van der Waals surface area contributed by atoms with Gasteiger partial charge in [-0.05, 0) is 24.1 Å². The van der Waals surface area contributed by atoms with Crippen LogP contribution in [0.2, 0.25) is 0 Å². The van der Waals surface area contributed by atoms with Crippen molar-refractivity contribution in [3.63, 3.8) is 0 Å². The van der Waals surface area contributed by atoms with E-state index in [0.29, 0.717) is 13.0 Å². The molecule has 0 saturated carbocycles. The summed E-state index contributed by atoms with van der Waals surface area (Å²) in [4.78, 5) is 15.3. The summed E-state index contributed by atoms with van der Waals surface area (Å²) in [6.07, 6.45) is 2.69. The van der Waals surface area contributed by atoms with Gasteiger partial charge in [-0.1, -0.05) is 65.8 Å². The van der Waals surface area contributed by atoms with Gasteiger partial charge in [0.1, 0.15) is 6.29 Å². The molecule has 4 nitrogen and oxygen atoms in total. The monoisotopic (exact) mass is 365 g/mol. The highest BCUT2D eigenvalue weighted by Crippen LogP contribution is 2.10. The average Bonchev–Trinajstić information content (AvgIpc) is 2.74. The lowest BCUT2D eigenvalue weighted by atomic mass is 10.1. The first-order valence-electron chi connectivity index (χ1n) is 10.5. The summed E-state index contributed by atoms with van der Waals surface area (Å²) in [5.74, 6) is 0. The van der Waals surface area contributed by atoms with Crippen molar-refractivity contribution in [2.45, 2.75) is 67.5 Å². The number of hydrogen-bond acceptors (Lipinski definition) is 4. The number of rotatable bonds is 7. The minimum Gasteiger partial charge on any atom is -0.326 e. The Hall–Kier alpha value is -1.23. The van der Waals surface area contributed by atoms with Crippen LogP contribution in [0.3, 0.4) is 0 Å². The maximum Gasteiger partial charge on any atom is 0.120 e. The van der Waals surface area contributed by atoms with Crippen LogP contribution in [0.15, 0.2) is 24.3 Å². The van der Waals surface area contributed by atoms with E-state index in [1.54, 1.807) is 0 Å². The highest BCUT2D eigenvalue weighted by atomic mass is 16.1. The Morgan fingerprint density at radius 1 is 0.846 bits per heavy atom. The van der Waals surface area contributed by atoms with Crippen molar-refractivity contribution in [2.24, 2.45) is 5.73 Å². The fourth-order valence-corrected chi connectivity index (χ4v) is 2.61. The Bertz CT molecular complexity index is 398. The quantitative estimate of drug-likeness (QED) is 0.577. The third kappa shape index (κ3) is 12.2. The first-order chi connectivity index (χ1) is 12.8. The first-order valence-corrected chi connectivity index (χ1v) is 10.5. The smallest absolute Gasteiger partial charge is 0.120 e. The van der Waals surface area contributed by atoms with Crippen LogP contribution < -0.4 is 5.73 Å². The second-order valence-corrected chi connectivity index (χ2v) is 5.45. The zero-order valence-corrected chi connectivity index (χ0v) is 18.1. The van der Waals surface area contributed by atoms with Gasteiger partial charge in [-0.15, -0.1) is 0 Å². The molecule has 1 fully saturated rings. The van der Waals surface area contributed by atoms with Crippen LogP contribution in [0.25, 0.3) is 0 Å². The van der Waals surface area contributed by atoms with Gasteiger partial charge in [0.2, 0.25) is 0 Å². The molecule has 0 atom stereocenters. The zero-order valence-electron chi connectivity index (χ0n) is 18.1. The van der Waals surface area contributed by atoms with E-state index in [2.05, 4.69) is 34.1 Å². The summed E-state index contributed by atoms with van der Waals surface area (Å²) in [5.41, 5.74) is 8.16. The summed E-state index contributed by atoms with van der Waals surface area (Å²) < 4.78 is 0. The average molecular weight is 366 g/mol. The zero-order chi connectivity index (χ0) is 20.2. The normalized spacial score (nSPS) is 14.0. The molecule has 0 unspecified atom stereocenters. The van der Waals surface area contributed by atoms with Crippen LogP contribution in [-0.4, -0.2) is 48.8 Å². The summed E-state index contributed by atoms with van der Waals surface area (Å²) in [6.45, 7) is 19.1. The van der Waals surface area contributed by atoms with Gasteiger partial charge in [0.25, 0.3) is 0 Å². The Labute approximate surface area is 162 Å². The Morgan fingerprint density at radius 3 is 1.77 bits per heavy atom. The van der Waals surface area contributed by atoms with E-state index < -0.39 is 0 Å². The lowest BCUT2D eigenvalue weighted by Crippen LogP contribution is -2.46. The minimum atomic E-state index is 0.611. The Balaban J connectivity index is 0. The second-order valence-electron chi connectivity index (χ2n) is 5.45. The third-order valence-corrected chi connectivity index (χ3v) is 3.93. The van der Waals surface area contributed by atoms with Crippen molar-refractivity contribution >= 4 is 6.29 Å². The van der Waals surface area contributed by atoms with Crippen LogP contribution in [0.4, 0.5) is 0 Å². The molecule has 0 amide bonds. The SMILES string of the molecule is CC.CC.CC.NCc1ccc(CN2CCN(CCCC=O)CC2)cc1. The Kier molecular flexibility index (Phi) is 20.9. The van der Waals surface area contributed by atoms with Crippen molar-refractivity contribution in [1.82, 2.24) is 9.80 Å². The van der Waals surface area contributed by atoms with Gasteiger partial charge >= 0.3 is 0 Å². The molecule has 0 aromatic heterocycles. The molecular weight excluding hydrogens is 322 g/mol. The minimum absolute atomic E-state index is 0.611. The van der Waals surface area contributed by atoms with Gasteiger partial charge < -0.3 is 15.4 Å². The number of carbonyl (C=O) groups is 1. The highest BCUT2D eigenvalue weighted by Gasteiger charge is 2.16. The topological polar surface area (TPSA) is 49.6 Å². The number of hydrogen-bond donors (Lipinski definition) is 1. The third-order valence-electron chi connectivity index (χ3n) is 3.93. The van der Waals surface area contributed by atoms with Gasteiger partial charge in [0.05, 0.1) is 0 Å². The van der Waals surface area contributed by atoms with Crippen molar-refractivity contribution in [3.05, 3.63) is 35.4 Å². The number of aldehydes is 1. The molecule has 0 radical (unpaired) electrons. The van der Waals surface area contributed by atoms with Gasteiger partial charge in [0.15, 0.2) is 0 Å². The van der Waals surface area contributed by atoms with Crippen LogP contribution in [0.5, 0.6) is 0 Å². The van der Waals surface area contributed by atoms with E-state index in [1.807, 2.05) is 41.5 Å². The van der Waals surface area contributed by atoms with Crippen LogP contribution in [0, 0.1) is 0 Å². The number of piperazine rings is 1. The van der Waals surface area contributed by atoms with E-state index in [4.69, 9.17) is 5.73 Å². The van der Waals surface area contributed by atoms with E-state index >= 15 is 0 Å². The van der Waals surface area contributed by atoms with Gasteiger partial charge in [-0.3, -0.25) is 4.90 Å². The molecule has 1 aliphatic rings. The molecular formula is C22H43N3O. The van der Waals surface area contributed by atoms with Crippen molar-refractivity contribution in [2.75, 3.05) is 32.7 Å². The van der Waals surface area contributed by atoms with Gasteiger partial charge in [0, 0.05) is 45.7 Å². The summed E-state index contributed by atoms with van der Waals surface area (Å²) in [7, 11) is 0. The van der Waals surface area contributed by atoms with E-state index in [-0.39, 0.29) is 0 Å². The highest BCUT2D eigenvalue weighted by molar-refractivity contribution is 5.49. The predicted octanol–water partition coefficient (Wildman–Crippen LogP) is 4.32. The van der Waals surface area contributed by atoms with Crippen molar-refractivity contribution < 1.29 is 4.79 Å². The molecule has 2 N–H and O–H groups in total. The lowest BCUT2D eigenvalue weighted by molar-refractivity contribution is -0.108. The molecule has 0 aliphatic carbocycles. The maximum absolute atomic E-state index is 10.3. The number of carbonyl (C=O) groups excluding carboxylic acids is 1. The molecule has 4 heteroatoms. The number of unbranched alkanes of at least 4 members (excludes halogenated alkanes) is 1. The fraction of sp³-hybridized carbons (Fsp3) is 0.682. The predicted molar refractivity (Wildman–Crippen MR) is 115 cm³/mol. The first kappa shape index (κ1) is 27.0. The van der Waals surface area contributed by atoms with Gasteiger partial charge in [-0.2, -0.15) is 0 Å². The molecule has 1 aromatic rings. The molecule has 1 aliphatic heterocycles. The standard InChI is InChI=1S/C16H25N3O.3C2H6/c17-13-15-3-5-16(6-4-15)14-19-10-8-18(9-11-19)7-1-2-12-20;3*1-2/h3-6,12H,1-2,7-11,13-14,17H2;3*1-2H3. The maximum atomic E-state index is 10.3. The summed E-state index contributed by atoms with van der Waals surface area (Å²) in [5, 5.41) is 0. The molecule has 1 heterocycles. The number of nitrogens with two attached hydrogens (primary N) is 1. The molecule has 152 valence electrons. The van der Waals surface area contributed by atoms with Crippen molar-refractivity contribution in [1.29, 1.82) is 0 Å².